The van der Waals surface area contributed by atoms with E-state index in [1.54, 1.807) is 0 Å². The zero-order chi connectivity index (χ0) is 14.5. The van der Waals surface area contributed by atoms with E-state index in [1.807, 2.05) is 0 Å². The molecule has 0 saturated carbocycles. The van der Waals surface area contributed by atoms with Crippen LogP contribution in [0.15, 0.2) is 78.9 Å². The van der Waals surface area contributed by atoms with E-state index in [1.165, 1.54) is 48.4 Å². The fraction of sp³-hybridized carbons (Fsp3) is 0.100. The van der Waals surface area contributed by atoms with Crippen molar-refractivity contribution in [1.29, 1.82) is 0 Å². The van der Waals surface area contributed by atoms with Crippen molar-refractivity contribution in [3.8, 4) is 0 Å². The van der Waals surface area contributed by atoms with Crippen LogP contribution in [0, 0.1) is 0 Å². The van der Waals surface area contributed by atoms with E-state index in [0.29, 0.717) is 0 Å². The Kier molecular flexibility index (Phi) is 4.76. The summed E-state index contributed by atoms with van der Waals surface area (Å²) >= 11 is 1.49. The average molecular weight is 377 g/mol. The van der Waals surface area contributed by atoms with Crippen LogP contribution >= 0.6 is 0 Å². The van der Waals surface area contributed by atoms with Crippen LogP contribution in [0.4, 0.5) is 0 Å². The first-order valence-corrected chi connectivity index (χ1v) is 8.66. The summed E-state index contributed by atoms with van der Waals surface area (Å²) < 4.78 is 1.47. The number of hydrogen-bond acceptors (Lipinski definition) is 0. The molecule has 0 N–H and O–H groups in total. The summed E-state index contributed by atoms with van der Waals surface area (Å²) in [6.07, 6.45) is 2.05. The van der Waals surface area contributed by atoms with Gasteiger partial charge in [-0.2, -0.15) is 0 Å². The molecule has 3 aromatic carbocycles. The SMILES string of the molecule is [H-].[Sn][c]1cccc(Cc2ccccc2)c1Cc1ccccc1. The second-order valence-electron chi connectivity index (χ2n) is 5.27. The van der Waals surface area contributed by atoms with Gasteiger partial charge in [-0.25, -0.2) is 0 Å². The minimum atomic E-state index is 0. The Morgan fingerprint density at radius 1 is 0.619 bits per heavy atom. The van der Waals surface area contributed by atoms with Crippen LogP contribution in [0.5, 0.6) is 0 Å². The average Bonchev–Trinajstić information content (AvgIpc) is 2.53. The summed E-state index contributed by atoms with van der Waals surface area (Å²) in [6, 6.07) is 28.2. The first kappa shape index (κ1) is 14.4. The number of rotatable bonds is 4. The van der Waals surface area contributed by atoms with Crippen molar-refractivity contribution in [2.24, 2.45) is 0 Å². The molecule has 0 spiro atoms. The van der Waals surface area contributed by atoms with Gasteiger partial charge in [0.1, 0.15) is 0 Å². The van der Waals surface area contributed by atoms with E-state index in [9.17, 15) is 0 Å². The van der Waals surface area contributed by atoms with Crippen LogP contribution in [0.25, 0.3) is 0 Å². The molecule has 0 amide bonds. The Bertz CT molecular complexity index is 708. The van der Waals surface area contributed by atoms with E-state index in [-0.39, 0.29) is 1.43 Å². The maximum absolute atomic E-state index is 2.28. The summed E-state index contributed by atoms with van der Waals surface area (Å²) in [5.74, 6) is 0. The number of benzene rings is 3. The molecule has 3 aromatic rings. The molecule has 0 unspecified atom stereocenters. The van der Waals surface area contributed by atoms with Gasteiger partial charge < -0.3 is 1.43 Å². The van der Waals surface area contributed by atoms with E-state index in [4.69, 9.17) is 0 Å². The van der Waals surface area contributed by atoms with Crippen molar-refractivity contribution >= 4 is 26.1 Å². The Balaban J connectivity index is 0.00000176. The van der Waals surface area contributed by atoms with Crippen LogP contribution in [-0.4, -0.2) is 22.5 Å². The van der Waals surface area contributed by atoms with Crippen molar-refractivity contribution in [2.75, 3.05) is 0 Å². The summed E-state index contributed by atoms with van der Waals surface area (Å²) in [6.45, 7) is 0. The van der Waals surface area contributed by atoms with E-state index >= 15 is 0 Å². The van der Waals surface area contributed by atoms with Gasteiger partial charge in [-0.15, -0.1) is 0 Å². The van der Waals surface area contributed by atoms with Gasteiger partial charge >= 0.3 is 140 Å². The molecular weight excluding hydrogens is 359 g/mol. The van der Waals surface area contributed by atoms with E-state index in [2.05, 4.69) is 78.9 Å². The molecule has 0 saturated heterocycles. The molecule has 3 rings (SSSR count). The van der Waals surface area contributed by atoms with Gasteiger partial charge in [0, 0.05) is 0 Å². The van der Waals surface area contributed by atoms with Crippen molar-refractivity contribution < 1.29 is 1.43 Å². The van der Waals surface area contributed by atoms with Crippen LogP contribution in [0.2, 0.25) is 0 Å². The topological polar surface area (TPSA) is 0 Å². The van der Waals surface area contributed by atoms with Gasteiger partial charge in [0.2, 0.25) is 0 Å². The van der Waals surface area contributed by atoms with Crippen molar-refractivity contribution in [2.45, 2.75) is 12.8 Å². The van der Waals surface area contributed by atoms with Crippen LogP contribution in [-0.2, 0) is 12.8 Å². The fourth-order valence-corrected chi connectivity index (χ4v) is 3.61. The van der Waals surface area contributed by atoms with Gasteiger partial charge in [-0.1, -0.05) is 0 Å². The molecule has 103 valence electrons. The molecule has 21 heavy (non-hydrogen) atoms. The van der Waals surface area contributed by atoms with E-state index < -0.39 is 0 Å². The molecule has 3 radical (unpaired) electrons. The van der Waals surface area contributed by atoms with Gasteiger partial charge in [0.25, 0.3) is 0 Å². The Hall–Kier alpha value is -1.54. The minimum absolute atomic E-state index is 0. The third kappa shape index (κ3) is 3.76. The first-order valence-electron chi connectivity index (χ1n) is 7.23. The van der Waals surface area contributed by atoms with Crippen molar-refractivity contribution in [1.82, 2.24) is 0 Å². The first-order chi connectivity index (χ1) is 10.3. The van der Waals surface area contributed by atoms with Crippen molar-refractivity contribution in [3.05, 3.63) is 101 Å². The van der Waals surface area contributed by atoms with Crippen LogP contribution < -0.4 is 3.58 Å². The van der Waals surface area contributed by atoms with Crippen molar-refractivity contribution in [3.63, 3.8) is 0 Å². The number of hydrogen-bond donors (Lipinski definition) is 0. The third-order valence-corrected chi connectivity index (χ3v) is 5.07. The van der Waals surface area contributed by atoms with Gasteiger partial charge in [-0.05, 0) is 0 Å². The molecule has 1 heteroatoms. The quantitative estimate of drug-likeness (QED) is 0.608. The second kappa shape index (κ2) is 6.95. The van der Waals surface area contributed by atoms with E-state index in [0.717, 1.165) is 12.8 Å². The molecule has 0 aromatic heterocycles. The monoisotopic (exact) mass is 378 g/mol. The summed E-state index contributed by atoms with van der Waals surface area (Å²) in [5, 5.41) is 0. The molecule has 0 nitrogen and oxygen atoms in total. The Morgan fingerprint density at radius 2 is 1.19 bits per heavy atom. The molecule has 0 aliphatic rings. The maximum atomic E-state index is 2.28. The summed E-state index contributed by atoms with van der Waals surface area (Å²) in [5.41, 5.74) is 5.74. The molecule has 0 bridgehead atoms. The fourth-order valence-electron chi connectivity index (χ4n) is 2.62. The predicted molar refractivity (Wildman–Crippen MR) is 91.4 cm³/mol. The van der Waals surface area contributed by atoms with Gasteiger partial charge in [-0.3, -0.25) is 0 Å². The molecule has 0 fully saturated rings. The molecule has 0 heterocycles. The van der Waals surface area contributed by atoms with Gasteiger partial charge in [0.15, 0.2) is 0 Å². The second-order valence-corrected chi connectivity index (χ2v) is 6.81. The molecular formula is C20H18Sn-. The third-order valence-electron chi connectivity index (χ3n) is 3.73. The normalized spacial score (nSPS) is 10.5. The molecule has 0 atom stereocenters. The molecule has 0 aliphatic carbocycles. The van der Waals surface area contributed by atoms with Crippen LogP contribution in [0.3, 0.4) is 0 Å². The zero-order valence-corrected chi connectivity index (χ0v) is 14.8. The zero-order valence-electron chi connectivity index (χ0n) is 12.9. The Morgan fingerprint density at radius 3 is 1.81 bits per heavy atom. The van der Waals surface area contributed by atoms with Gasteiger partial charge in [0.05, 0.1) is 0 Å². The summed E-state index contributed by atoms with van der Waals surface area (Å²) in [4.78, 5) is 0. The standard InChI is InChI=1S/C20H17.Sn.H/c1-3-9-17(10-4-1)15-19-13-7-8-14-20(19)16-18-11-5-2-6-12-18;;/h1-13H,15-16H2;;/q;;-1. The predicted octanol–water partition coefficient (Wildman–Crippen LogP) is 3.77. The Labute approximate surface area is 141 Å². The van der Waals surface area contributed by atoms with Crippen LogP contribution in [0.1, 0.15) is 23.7 Å². The summed E-state index contributed by atoms with van der Waals surface area (Å²) in [7, 11) is 0. The molecule has 0 aliphatic heterocycles.